The number of nitrogens with one attached hydrogen (secondary N) is 2. The van der Waals surface area contributed by atoms with Gasteiger partial charge >= 0.3 is 0 Å². The van der Waals surface area contributed by atoms with Crippen molar-refractivity contribution in [3.05, 3.63) is 28.8 Å². The second-order valence-corrected chi connectivity index (χ2v) is 5.10. The van der Waals surface area contributed by atoms with E-state index in [0.717, 1.165) is 30.2 Å². The molecule has 1 aromatic carbocycles. The molecule has 4 heteroatoms. The Bertz CT molecular complexity index is 407. The number of anilines is 1. The molecule has 1 aromatic rings. The van der Waals surface area contributed by atoms with Crippen LogP contribution in [0.1, 0.15) is 18.0 Å². The van der Waals surface area contributed by atoms with Gasteiger partial charge in [-0.05, 0) is 30.7 Å². The lowest BCUT2D eigenvalue weighted by Gasteiger charge is -2.42. The molecule has 2 aliphatic rings. The van der Waals surface area contributed by atoms with Gasteiger partial charge < -0.3 is 16.4 Å². The second kappa shape index (κ2) is 3.91. The van der Waals surface area contributed by atoms with Crippen LogP contribution in [-0.2, 0) is 0 Å². The van der Waals surface area contributed by atoms with Crippen LogP contribution in [0.3, 0.4) is 0 Å². The Morgan fingerprint density at radius 1 is 1.38 bits per heavy atom. The number of halogens is 1. The third-order valence-electron chi connectivity index (χ3n) is 3.71. The van der Waals surface area contributed by atoms with E-state index >= 15 is 0 Å². The number of hydrogen-bond acceptors (Lipinski definition) is 3. The Balaban J connectivity index is 1.99. The summed E-state index contributed by atoms with van der Waals surface area (Å²) >= 11 is 6.01. The number of benzene rings is 1. The first-order valence-corrected chi connectivity index (χ1v) is 6.16. The minimum Gasteiger partial charge on any atom is -0.382 e. The maximum atomic E-state index is 6.33. The summed E-state index contributed by atoms with van der Waals surface area (Å²) in [7, 11) is 0. The lowest BCUT2D eigenvalue weighted by molar-refractivity contribution is 0.288. The summed E-state index contributed by atoms with van der Waals surface area (Å²) in [4.78, 5) is 0. The topological polar surface area (TPSA) is 50.1 Å². The highest BCUT2D eigenvalue weighted by molar-refractivity contribution is 6.30. The summed E-state index contributed by atoms with van der Waals surface area (Å²) in [6, 6.07) is 6.54. The number of piperidine rings is 1. The first-order chi connectivity index (χ1) is 7.75. The summed E-state index contributed by atoms with van der Waals surface area (Å²) in [5.74, 6) is 0.488. The molecule has 0 aliphatic carbocycles. The van der Waals surface area contributed by atoms with Gasteiger partial charge in [0.2, 0.25) is 0 Å². The van der Waals surface area contributed by atoms with Gasteiger partial charge in [-0.25, -0.2) is 0 Å². The predicted molar refractivity (Wildman–Crippen MR) is 66.8 cm³/mol. The van der Waals surface area contributed by atoms with E-state index in [0.29, 0.717) is 12.0 Å². The number of hydrogen-bond donors (Lipinski definition) is 3. The van der Waals surface area contributed by atoms with Crippen molar-refractivity contribution in [2.75, 3.05) is 18.4 Å². The van der Waals surface area contributed by atoms with Gasteiger partial charge in [0.15, 0.2) is 0 Å². The normalized spacial score (nSPS) is 32.5. The fourth-order valence-electron chi connectivity index (χ4n) is 2.81. The minimum atomic E-state index is 0.117. The molecule has 0 bridgehead atoms. The molecule has 86 valence electrons. The largest absolute Gasteiger partial charge is 0.382 e. The van der Waals surface area contributed by atoms with Gasteiger partial charge in [-0.1, -0.05) is 17.7 Å². The van der Waals surface area contributed by atoms with E-state index in [1.165, 1.54) is 5.56 Å². The summed E-state index contributed by atoms with van der Waals surface area (Å²) in [5.41, 5.74) is 8.63. The molecule has 1 fully saturated rings. The molecule has 0 amide bonds. The quantitative estimate of drug-likeness (QED) is 0.644. The Morgan fingerprint density at radius 2 is 2.25 bits per heavy atom. The van der Waals surface area contributed by atoms with Crippen LogP contribution < -0.4 is 16.4 Å². The maximum absolute atomic E-state index is 6.33. The first-order valence-electron chi connectivity index (χ1n) is 5.78. The van der Waals surface area contributed by atoms with E-state index in [9.17, 15) is 0 Å². The minimum absolute atomic E-state index is 0.117. The molecular weight excluding hydrogens is 222 g/mol. The van der Waals surface area contributed by atoms with Crippen LogP contribution in [0, 0.1) is 5.92 Å². The first kappa shape index (κ1) is 10.4. The fourth-order valence-corrected chi connectivity index (χ4v) is 2.99. The zero-order chi connectivity index (χ0) is 11.1. The van der Waals surface area contributed by atoms with Crippen molar-refractivity contribution in [3.8, 4) is 0 Å². The molecule has 3 rings (SSSR count). The SMILES string of the molecule is NC1c2ccc(Cl)cc2NC2CCNCC21. The molecule has 3 unspecified atom stereocenters. The Kier molecular flexibility index (Phi) is 2.54. The molecule has 0 saturated carbocycles. The van der Waals surface area contributed by atoms with Crippen molar-refractivity contribution in [3.63, 3.8) is 0 Å². The van der Waals surface area contributed by atoms with Gasteiger partial charge in [0.1, 0.15) is 0 Å². The zero-order valence-electron chi connectivity index (χ0n) is 9.04. The van der Waals surface area contributed by atoms with E-state index in [1.807, 2.05) is 18.2 Å². The smallest absolute Gasteiger partial charge is 0.0426 e. The van der Waals surface area contributed by atoms with Crippen molar-refractivity contribution >= 4 is 17.3 Å². The lowest BCUT2D eigenvalue weighted by atomic mass is 9.80. The molecule has 3 nitrogen and oxygen atoms in total. The van der Waals surface area contributed by atoms with Crippen LogP contribution in [0.15, 0.2) is 18.2 Å². The van der Waals surface area contributed by atoms with Crippen LogP contribution in [0.5, 0.6) is 0 Å². The van der Waals surface area contributed by atoms with Gasteiger partial charge in [-0.15, -0.1) is 0 Å². The van der Waals surface area contributed by atoms with E-state index in [2.05, 4.69) is 10.6 Å². The number of nitrogens with two attached hydrogens (primary N) is 1. The Hall–Kier alpha value is -0.770. The number of fused-ring (bicyclic) bond motifs is 2. The highest BCUT2D eigenvalue weighted by Gasteiger charge is 2.35. The van der Waals surface area contributed by atoms with Gasteiger partial charge in [0.25, 0.3) is 0 Å². The molecule has 1 saturated heterocycles. The molecule has 0 spiro atoms. The maximum Gasteiger partial charge on any atom is 0.0426 e. The van der Waals surface area contributed by atoms with Crippen molar-refractivity contribution in [1.82, 2.24) is 5.32 Å². The van der Waals surface area contributed by atoms with E-state index < -0.39 is 0 Å². The van der Waals surface area contributed by atoms with Crippen LogP contribution in [0.25, 0.3) is 0 Å². The van der Waals surface area contributed by atoms with Crippen LogP contribution in [0.4, 0.5) is 5.69 Å². The van der Waals surface area contributed by atoms with Crippen LogP contribution >= 0.6 is 11.6 Å². The summed E-state index contributed by atoms with van der Waals surface area (Å²) in [6.45, 7) is 2.07. The molecule has 0 radical (unpaired) electrons. The van der Waals surface area contributed by atoms with Gasteiger partial charge in [0, 0.05) is 35.3 Å². The van der Waals surface area contributed by atoms with E-state index in [4.69, 9.17) is 17.3 Å². The lowest BCUT2D eigenvalue weighted by Crippen LogP contribution is -2.51. The molecular formula is C12H16ClN3. The average Bonchev–Trinajstić information content (AvgIpc) is 2.29. The monoisotopic (exact) mass is 237 g/mol. The Morgan fingerprint density at radius 3 is 3.12 bits per heavy atom. The molecule has 2 heterocycles. The van der Waals surface area contributed by atoms with Gasteiger partial charge in [0.05, 0.1) is 0 Å². The van der Waals surface area contributed by atoms with Crippen molar-refractivity contribution < 1.29 is 0 Å². The zero-order valence-corrected chi connectivity index (χ0v) is 9.80. The number of rotatable bonds is 0. The highest BCUT2D eigenvalue weighted by Crippen LogP contribution is 2.38. The third-order valence-corrected chi connectivity index (χ3v) is 3.94. The molecule has 3 atom stereocenters. The molecule has 4 N–H and O–H groups in total. The highest BCUT2D eigenvalue weighted by atomic mass is 35.5. The summed E-state index contributed by atoms with van der Waals surface area (Å²) < 4.78 is 0. The van der Waals surface area contributed by atoms with E-state index in [-0.39, 0.29) is 6.04 Å². The molecule has 16 heavy (non-hydrogen) atoms. The van der Waals surface area contributed by atoms with Crippen LogP contribution in [-0.4, -0.2) is 19.1 Å². The standard InChI is InChI=1S/C12H16ClN3/c13-7-1-2-8-11(5-7)16-10-3-4-15-6-9(10)12(8)14/h1-2,5,9-10,12,15-16H,3-4,6,14H2. The molecule has 2 aliphatic heterocycles. The predicted octanol–water partition coefficient (Wildman–Crippen LogP) is 1.74. The fraction of sp³-hybridized carbons (Fsp3) is 0.500. The third kappa shape index (κ3) is 1.59. The average molecular weight is 238 g/mol. The van der Waals surface area contributed by atoms with Crippen molar-refractivity contribution in [2.24, 2.45) is 11.7 Å². The summed E-state index contributed by atoms with van der Waals surface area (Å²) in [5, 5.41) is 7.75. The molecule has 0 aromatic heterocycles. The van der Waals surface area contributed by atoms with Gasteiger partial charge in [-0.2, -0.15) is 0 Å². The van der Waals surface area contributed by atoms with Crippen molar-refractivity contribution in [2.45, 2.75) is 18.5 Å². The summed E-state index contributed by atoms with van der Waals surface area (Å²) in [6.07, 6.45) is 1.13. The van der Waals surface area contributed by atoms with Crippen molar-refractivity contribution in [1.29, 1.82) is 0 Å². The van der Waals surface area contributed by atoms with Gasteiger partial charge in [-0.3, -0.25) is 0 Å². The second-order valence-electron chi connectivity index (χ2n) is 4.66. The van der Waals surface area contributed by atoms with E-state index in [1.54, 1.807) is 0 Å². The Labute approximate surface area is 100 Å². The van der Waals surface area contributed by atoms with Crippen LogP contribution in [0.2, 0.25) is 5.02 Å².